The zero-order valence-electron chi connectivity index (χ0n) is 20.5. The lowest BCUT2D eigenvalue weighted by Gasteiger charge is -2.30. The van der Waals surface area contributed by atoms with Crippen LogP contribution in [0.1, 0.15) is 13.8 Å². The van der Waals surface area contributed by atoms with Gasteiger partial charge in [-0.25, -0.2) is 0 Å². The van der Waals surface area contributed by atoms with E-state index in [0.717, 1.165) is 85.2 Å². The zero-order chi connectivity index (χ0) is 23.3. The van der Waals surface area contributed by atoms with Crippen LogP contribution in [0.2, 0.25) is 0 Å². The predicted octanol–water partition coefficient (Wildman–Crippen LogP) is -2.81. The van der Waals surface area contributed by atoms with Crippen molar-refractivity contribution in [1.29, 1.82) is 0 Å². The molecule has 0 heterocycles. The van der Waals surface area contributed by atoms with Crippen LogP contribution < -0.4 is 34.0 Å². The molecule has 0 aliphatic heterocycles. The normalized spacial score (nSPS) is 12.4. The Morgan fingerprint density at radius 3 is 1.35 bits per heavy atom. The van der Waals surface area contributed by atoms with Gasteiger partial charge in [0.1, 0.15) is 0 Å². The first-order chi connectivity index (χ1) is 15.0. The summed E-state index contributed by atoms with van der Waals surface area (Å²) in [6.07, 6.45) is 0. The zero-order valence-corrected chi connectivity index (χ0v) is 20.5. The first kappa shape index (κ1) is 30.6. The van der Waals surface area contributed by atoms with Gasteiger partial charge >= 0.3 is 0 Å². The van der Waals surface area contributed by atoms with Crippen molar-refractivity contribution >= 4 is 0 Å². The first-order valence-electron chi connectivity index (χ1n) is 12.1. The highest BCUT2D eigenvalue weighted by Crippen LogP contribution is 1.98. The molecular weight excluding hydrogens is 392 g/mol. The molecule has 11 N–H and O–H groups in total. The number of nitrogens with zero attached hydrogens (tertiary/aromatic N) is 4. The van der Waals surface area contributed by atoms with Gasteiger partial charge < -0.3 is 38.9 Å². The molecule has 188 valence electrons. The van der Waals surface area contributed by atoms with Crippen LogP contribution in [0, 0.1) is 5.92 Å². The molecule has 0 saturated carbocycles. The van der Waals surface area contributed by atoms with Crippen LogP contribution >= 0.6 is 0 Å². The first-order valence-corrected chi connectivity index (χ1v) is 12.1. The van der Waals surface area contributed by atoms with Gasteiger partial charge in [0.25, 0.3) is 0 Å². The summed E-state index contributed by atoms with van der Waals surface area (Å²) < 4.78 is 0. The van der Waals surface area contributed by atoms with Gasteiger partial charge in [-0.15, -0.1) is 0 Å². The van der Waals surface area contributed by atoms with Crippen LogP contribution in [0.25, 0.3) is 0 Å². The molecule has 0 radical (unpaired) electrons. The number of rotatable bonds is 23. The highest BCUT2D eigenvalue weighted by Gasteiger charge is 2.11. The summed E-state index contributed by atoms with van der Waals surface area (Å²) >= 11 is 0. The molecule has 0 aromatic carbocycles. The van der Waals surface area contributed by atoms with Crippen molar-refractivity contribution in [3.63, 3.8) is 0 Å². The third-order valence-corrected chi connectivity index (χ3v) is 5.26. The highest BCUT2D eigenvalue weighted by atomic mass is 15.3. The number of nitrogens with one attached hydrogen (secondary N) is 1. The second kappa shape index (κ2) is 21.4. The fourth-order valence-electron chi connectivity index (χ4n) is 3.70. The second-order valence-electron chi connectivity index (χ2n) is 8.60. The van der Waals surface area contributed by atoms with E-state index < -0.39 is 0 Å². The Morgan fingerprint density at radius 2 is 0.903 bits per heavy atom. The fourth-order valence-corrected chi connectivity index (χ4v) is 3.70. The molecule has 0 saturated heterocycles. The maximum absolute atomic E-state index is 5.85. The van der Waals surface area contributed by atoms with E-state index in [9.17, 15) is 0 Å². The van der Waals surface area contributed by atoms with Gasteiger partial charge in [-0.3, -0.25) is 14.7 Å². The predicted molar refractivity (Wildman–Crippen MR) is 134 cm³/mol. The molecule has 0 unspecified atom stereocenters. The summed E-state index contributed by atoms with van der Waals surface area (Å²) in [7, 11) is 0. The van der Waals surface area contributed by atoms with E-state index in [4.69, 9.17) is 28.7 Å². The van der Waals surface area contributed by atoms with Gasteiger partial charge in [-0.05, 0) is 5.92 Å². The highest BCUT2D eigenvalue weighted by molar-refractivity contribution is 4.69. The molecule has 0 aromatic heterocycles. The number of hydrogen-bond acceptors (Lipinski definition) is 10. The van der Waals surface area contributed by atoms with Crippen molar-refractivity contribution in [3.8, 4) is 0 Å². The average Bonchev–Trinajstić information content (AvgIpc) is 2.72. The Bertz CT molecular complexity index is 366. The molecule has 0 atom stereocenters. The summed E-state index contributed by atoms with van der Waals surface area (Å²) in [5, 5.41) is 3.58. The fraction of sp³-hybridized carbons (Fsp3) is 1.00. The standard InChI is InChI=1S/C21H54N10/c1-21(2)19-30(12-6-25)14-8-27-20-31(13-7-26)18-17-29(11-5-24)16-15-28(9-3-22)10-4-23/h21,27H,3-20,22-26H2,1-2H3. The molecule has 10 nitrogen and oxygen atoms in total. The maximum Gasteiger partial charge on any atom is 0.0481 e. The van der Waals surface area contributed by atoms with Crippen molar-refractivity contribution in [2.45, 2.75) is 13.8 Å². The van der Waals surface area contributed by atoms with E-state index in [1.54, 1.807) is 0 Å². The van der Waals surface area contributed by atoms with Gasteiger partial charge in [0.15, 0.2) is 0 Å². The summed E-state index contributed by atoms with van der Waals surface area (Å²) in [5.74, 6) is 0.652. The van der Waals surface area contributed by atoms with Gasteiger partial charge in [-0.1, -0.05) is 13.8 Å². The quantitative estimate of drug-likeness (QED) is 0.0715. The molecular formula is C21H54N10. The van der Waals surface area contributed by atoms with Crippen molar-refractivity contribution in [1.82, 2.24) is 24.9 Å². The lowest BCUT2D eigenvalue weighted by molar-refractivity contribution is 0.174. The largest absolute Gasteiger partial charge is 0.329 e. The van der Waals surface area contributed by atoms with Crippen molar-refractivity contribution in [2.75, 3.05) is 118 Å². The Hall–Kier alpha value is -0.400. The lowest BCUT2D eigenvalue weighted by Crippen LogP contribution is -2.46. The molecule has 31 heavy (non-hydrogen) atoms. The SMILES string of the molecule is CC(C)CN(CCN)CCNCN(CCN)CCN(CCN)CCN(CCN)CCN. The van der Waals surface area contributed by atoms with Crippen molar-refractivity contribution in [3.05, 3.63) is 0 Å². The summed E-state index contributed by atoms with van der Waals surface area (Å²) in [6, 6.07) is 0. The number of nitrogens with two attached hydrogens (primary N) is 5. The van der Waals surface area contributed by atoms with E-state index in [1.807, 2.05) is 0 Å². The van der Waals surface area contributed by atoms with Crippen LogP contribution in [-0.2, 0) is 0 Å². The third-order valence-electron chi connectivity index (χ3n) is 5.26. The molecule has 0 bridgehead atoms. The molecule has 0 aliphatic carbocycles. The van der Waals surface area contributed by atoms with Crippen LogP contribution in [0.5, 0.6) is 0 Å². The van der Waals surface area contributed by atoms with Crippen LogP contribution in [-0.4, -0.2) is 138 Å². The van der Waals surface area contributed by atoms with E-state index in [1.165, 1.54) is 0 Å². The summed E-state index contributed by atoms with van der Waals surface area (Å²) in [5.41, 5.74) is 28.9. The van der Waals surface area contributed by atoms with Gasteiger partial charge in [0.05, 0.1) is 0 Å². The van der Waals surface area contributed by atoms with Gasteiger partial charge in [-0.2, -0.15) is 0 Å². The van der Waals surface area contributed by atoms with Gasteiger partial charge in [0, 0.05) is 118 Å². The van der Waals surface area contributed by atoms with Crippen LogP contribution in [0.4, 0.5) is 0 Å². The molecule has 0 aromatic rings. The van der Waals surface area contributed by atoms with Gasteiger partial charge in [0.2, 0.25) is 0 Å². The second-order valence-corrected chi connectivity index (χ2v) is 8.60. The Kier molecular flexibility index (Phi) is 21.2. The third kappa shape index (κ3) is 17.8. The minimum Gasteiger partial charge on any atom is -0.329 e. The molecule has 0 amide bonds. The van der Waals surface area contributed by atoms with E-state index in [2.05, 4.69) is 38.8 Å². The van der Waals surface area contributed by atoms with Crippen molar-refractivity contribution in [2.24, 2.45) is 34.6 Å². The minimum atomic E-state index is 0.652. The van der Waals surface area contributed by atoms with Crippen molar-refractivity contribution < 1.29 is 0 Å². The molecule has 0 aliphatic rings. The van der Waals surface area contributed by atoms with E-state index >= 15 is 0 Å². The monoisotopic (exact) mass is 446 g/mol. The molecule has 0 fully saturated rings. The topological polar surface area (TPSA) is 155 Å². The summed E-state index contributed by atoms with van der Waals surface area (Å²) in [6.45, 7) is 20.1. The minimum absolute atomic E-state index is 0.652. The van der Waals surface area contributed by atoms with E-state index in [0.29, 0.717) is 38.6 Å². The van der Waals surface area contributed by atoms with Crippen LogP contribution in [0.3, 0.4) is 0 Å². The number of hydrogen-bond donors (Lipinski definition) is 6. The Labute approximate surface area is 191 Å². The Morgan fingerprint density at radius 1 is 0.516 bits per heavy atom. The molecule has 0 spiro atoms. The lowest BCUT2D eigenvalue weighted by atomic mass is 10.2. The smallest absolute Gasteiger partial charge is 0.0481 e. The maximum atomic E-state index is 5.85. The molecule has 10 heteroatoms. The molecule has 0 rings (SSSR count). The van der Waals surface area contributed by atoms with Crippen LogP contribution in [0.15, 0.2) is 0 Å². The van der Waals surface area contributed by atoms with E-state index in [-0.39, 0.29) is 0 Å². The Balaban J connectivity index is 4.40. The summed E-state index contributed by atoms with van der Waals surface area (Å²) in [4.78, 5) is 9.57. The average molecular weight is 447 g/mol.